The molecule has 2 heteroatoms. The van der Waals surface area contributed by atoms with E-state index in [9.17, 15) is 4.79 Å². The first-order valence-electron chi connectivity index (χ1n) is 7.62. The van der Waals surface area contributed by atoms with Gasteiger partial charge in [0.05, 0.1) is 0 Å². The van der Waals surface area contributed by atoms with Crippen molar-refractivity contribution in [3.05, 3.63) is 70.8 Å². The average molecular weight is 279 g/mol. The second kappa shape index (κ2) is 6.13. The highest BCUT2D eigenvalue weighted by Gasteiger charge is 2.23. The van der Waals surface area contributed by atoms with Gasteiger partial charge in [0, 0.05) is 13.0 Å². The Morgan fingerprint density at radius 1 is 1.19 bits per heavy atom. The van der Waals surface area contributed by atoms with Gasteiger partial charge in [0.1, 0.15) is 0 Å². The second-order valence-electron chi connectivity index (χ2n) is 5.90. The number of hydrogen-bond acceptors (Lipinski definition) is 1. The summed E-state index contributed by atoms with van der Waals surface area (Å²) in [6.45, 7) is 2.69. The monoisotopic (exact) mass is 279 g/mol. The first-order chi connectivity index (χ1) is 10.2. The zero-order valence-electron chi connectivity index (χ0n) is 12.4. The van der Waals surface area contributed by atoms with Crippen molar-refractivity contribution in [2.24, 2.45) is 0 Å². The Balaban J connectivity index is 1.56. The van der Waals surface area contributed by atoms with Crippen LogP contribution in [0.5, 0.6) is 0 Å². The normalized spacial score (nSPS) is 16.5. The number of hydrogen-bond donors (Lipinski definition) is 1. The molecule has 108 valence electrons. The van der Waals surface area contributed by atoms with E-state index in [1.165, 1.54) is 16.7 Å². The Labute approximate surface area is 126 Å². The lowest BCUT2D eigenvalue weighted by molar-refractivity contribution is -0.121. The van der Waals surface area contributed by atoms with Gasteiger partial charge in [-0.25, -0.2) is 0 Å². The van der Waals surface area contributed by atoms with Crippen LogP contribution < -0.4 is 5.32 Å². The fourth-order valence-electron chi connectivity index (χ4n) is 3.18. The third kappa shape index (κ3) is 3.33. The van der Waals surface area contributed by atoms with E-state index in [-0.39, 0.29) is 5.91 Å². The van der Waals surface area contributed by atoms with Crippen LogP contribution in [0.3, 0.4) is 0 Å². The Morgan fingerprint density at radius 3 is 2.90 bits per heavy atom. The molecule has 21 heavy (non-hydrogen) atoms. The first-order valence-corrected chi connectivity index (χ1v) is 7.62. The molecule has 2 nitrogen and oxygen atoms in total. The van der Waals surface area contributed by atoms with Crippen LogP contribution in [-0.4, -0.2) is 5.91 Å². The van der Waals surface area contributed by atoms with E-state index >= 15 is 0 Å². The Bertz CT molecular complexity index is 648. The van der Waals surface area contributed by atoms with Crippen LogP contribution in [0.15, 0.2) is 48.5 Å². The molecule has 0 aliphatic heterocycles. The molecule has 0 saturated heterocycles. The summed E-state index contributed by atoms with van der Waals surface area (Å²) in [4.78, 5) is 12.2. The molecule has 1 unspecified atom stereocenters. The zero-order valence-corrected chi connectivity index (χ0v) is 12.4. The summed E-state index contributed by atoms with van der Waals surface area (Å²) in [6, 6.07) is 16.8. The van der Waals surface area contributed by atoms with Gasteiger partial charge >= 0.3 is 0 Å². The Hall–Kier alpha value is -2.09. The van der Waals surface area contributed by atoms with Crippen LogP contribution in [0.25, 0.3) is 0 Å². The van der Waals surface area contributed by atoms with Gasteiger partial charge in [0.25, 0.3) is 0 Å². The molecule has 1 N–H and O–H groups in total. The van der Waals surface area contributed by atoms with Gasteiger partial charge in [0.2, 0.25) is 5.91 Å². The maximum absolute atomic E-state index is 12.2. The lowest BCUT2D eigenvalue weighted by Crippen LogP contribution is -2.24. The number of carbonyl (C=O) groups excluding carboxylic acids is 1. The maximum atomic E-state index is 12.2. The molecule has 0 heterocycles. The highest BCUT2D eigenvalue weighted by atomic mass is 16.1. The van der Waals surface area contributed by atoms with E-state index in [2.05, 4.69) is 54.7 Å². The SMILES string of the molecule is Cc1cccc(CNC(=O)CC2CCc3ccccc32)c1. The Kier molecular flexibility index (Phi) is 4.05. The van der Waals surface area contributed by atoms with Crippen molar-refractivity contribution < 1.29 is 4.79 Å². The molecule has 0 radical (unpaired) electrons. The molecule has 2 aromatic carbocycles. The third-order valence-electron chi connectivity index (χ3n) is 4.26. The van der Waals surface area contributed by atoms with E-state index in [1.54, 1.807) is 0 Å². The number of aryl methyl sites for hydroxylation is 2. The lowest BCUT2D eigenvalue weighted by Gasteiger charge is -2.12. The molecule has 2 aromatic rings. The topological polar surface area (TPSA) is 29.1 Å². The molecule has 1 aliphatic carbocycles. The van der Waals surface area contributed by atoms with Crippen LogP contribution in [0.2, 0.25) is 0 Å². The van der Waals surface area contributed by atoms with Crippen LogP contribution in [-0.2, 0) is 17.8 Å². The number of carbonyl (C=O) groups is 1. The minimum atomic E-state index is 0.151. The van der Waals surface area contributed by atoms with Gasteiger partial charge in [-0.15, -0.1) is 0 Å². The van der Waals surface area contributed by atoms with Gasteiger partial charge in [0.15, 0.2) is 0 Å². The summed E-state index contributed by atoms with van der Waals surface area (Å²) in [5.41, 5.74) is 5.17. The average Bonchev–Trinajstić information content (AvgIpc) is 2.89. The number of nitrogens with one attached hydrogen (secondary N) is 1. The zero-order chi connectivity index (χ0) is 14.7. The molecule has 0 saturated carbocycles. The van der Waals surface area contributed by atoms with Gasteiger partial charge in [-0.1, -0.05) is 54.1 Å². The molecule has 0 spiro atoms. The highest BCUT2D eigenvalue weighted by Crippen LogP contribution is 2.35. The van der Waals surface area contributed by atoms with Crippen molar-refractivity contribution in [3.63, 3.8) is 0 Å². The minimum Gasteiger partial charge on any atom is -0.352 e. The van der Waals surface area contributed by atoms with Crippen molar-refractivity contribution in [1.82, 2.24) is 5.32 Å². The van der Waals surface area contributed by atoms with Crippen molar-refractivity contribution in [2.45, 2.75) is 38.6 Å². The lowest BCUT2D eigenvalue weighted by atomic mass is 9.97. The van der Waals surface area contributed by atoms with Crippen LogP contribution in [0, 0.1) is 6.92 Å². The van der Waals surface area contributed by atoms with E-state index < -0.39 is 0 Å². The molecule has 1 amide bonds. The Morgan fingerprint density at radius 2 is 2.05 bits per heavy atom. The third-order valence-corrected chi connectivity index (χ3v) is 4.26. The summed E-state index contributed by atoms with van der Waals surface area (Å²) in [5.74, 6) is 0.539. The van der Waals surface area contributed by atoms with Gasteiger partial charge < -0.3 is 5.32 Å². The van der Waals surface area contributed by atoms with Crippen LogP contribution in [0.1, 0.15) is 41.0 Å². The minimum absolute atomic E-state index is 0.151. The molecule has 0 bridgehead atoms. The first kappa shape index (κ1) is 13.9. The van der Waals surface area contributed by atoms with E-state index in [0.29, 0.717) is 18.9 Å². The highest BCUT2D eigenvalue weighted by molar-refractivity contribution is 5.77. The van der Waals surface area contributed by atoms with E-state index in [1.807, 2.05) is 6.07 Å². The molecular weight excluding hydrogens is 258 g/mol. The largest absolute Gasteiger partial charge is 0.352 e. The fourth-order valence-corrected chi connectivity index (χ4v) is 3.18. The second-order valence-corrected chi connectivity index (χ2v) is 5.90. The van der Waals surface area contributed by atoms with Crippen LogP contribution in [0.4, 0.5) is 0 Å². The number of amides is 1. The fraction of sp³-hybridized carbons (Fsp3) is 0.316. The van der Waals surface area contributed by atoms with Gasteiger partial charge in [-0.2, -0.15) is 0 Å². The smallest absolute Gasteiger partial charge is 0.220 e. The van der Waals surface area contributed by atoms with E-state index in [0.717, 1.165) is 18.4 Å². The van der Waals surface area contributed by atoms with Crippen molar-refractivity contribution in [2.75, 3.05) is 0 Å². The number of benzene rings is 2. The standard InChI is InChI=1S/C19H21NO/c1-14-5-4-6-15(11-14)13-20-19(21)12-17-10-9-16-7-2-3-8-18(16)17/h2-8,11,17H,9-10,12-13H2,1H3,(H,20,21). The molecular formula is C19H21NO. The molecule has 3 rings (SSSR count). The summed E-state index contributed by atoms with van der Waals surface area (Å²) in [7, 11) is 0. The predicted octanol–water partition coefficient (Wildman–Crippen LogP) is 3.73. The van der Waals surface area contributed by atoms with Crippen molar-refractivity contribution in [3.8, 4) is 0 Å². The van der Waals surface area contributed by atoms with E-state index in [4.69, 9.17) is 0 Å². The molecule has 1 atom stereocenters. The molecule has 0 aromatic heterocycles. The predicted molar refractivity (Wildman–Crippen MR) is 85.1 cm³/mol. The number of fused-ring (bicyclic) bond motifs is 1. The summed E-state index contributed by atoms with van der Waals surface area (Å²) in [5, 5.41) is 3.04. The summed E-state index contributed by atoms with van der Waals surface area (Å²) >= 11 is 0. The number of rotatable bonds is 4. The summed E-state index contributed by atoms with van der Waals surface area (Å²) < 4.78 is 0. The quantitative estimate of drug-likeness (QED) is 0.907. The van der Waals surface area contributed by atoms with Crippen molar-refractivity contribution in [1.29, 1.82) is 0 Å². The van der Waals surface area contributed by atoms with Crippen LogP contribution >= 0.6 is 0 Å². The molecule has 0 fully saturated rings. The van der Waals surface area contributed by atoms with Gasteiger partial charge in [-0.05, 0) is 42.4 Å². The van der Waals surface area contributed by atoms with Crippen molar-refractivity contribution >= 4 is 5.91 Å². The maximum Gasteiger partial charge on any atom is 0.220 e. The summed E-state index contributed by atoms with van der Waals surface area (Å²) in [6.07, 6.45) is 2.80. The molecule has 1 aliphatic rings. The van der Waals surface area contributed by atoms with Gasteiger partial charge in [-0.3, -0.25) is 4.79 Å².